The van der Waals surface area contributed by atoms with Gasteiger partial charge in [0.2, 0.25) is 11.8 Å². The number of benzene rings is 1. The number of carbonyl (C=O) groups excluding carboxylic acids is 2. The van der Waals surface area contributed by atoms with Gasteiger partial charge in [0, 0.05) is 44.3 Å². The molecule has 2 fully saturated rings. The van der Waals surface area contributed by atoms with E-state index < -0.39 is 0 Å². The Bertz CT molecular complexity index is 741. The van der Waals surface area contributed by atoms with Crippen molar-refractivity contribution in [3.05, 3.63) is 28.8 Å². The maximum Gasteiger partial charge on any atom is 0.236 e. The van der Waals surface area contributed by atoms with Crippen LogP contribution in [0.5, 0.6) is 5.75 Å². The lowest BCUT2D eigenvalue weighted by Crippen LogP contribution is -2.53. The summed E-state index contributed by atoms with van der Waals surface area (Å²) >= 11 is 6.09. The van der Waals surface area contributed by atoms with Crippen LogP contribution in [0.25, 0.3) is 0 Å². The first kappa shape index (κ1) is 20.5. The van der Waals surface area contributed by atoms with Gasteiger partial charge in [0.15, 0.2) is 0 Å². The van der Waals surface area contributed by atoms with Crippen LogP contribution in [-0.2, 0) is 16.0 Å². The molecule has 6 nitrogen and oxygen atoms in total. The molecule has 7 heteroatoms. The zero-order valence-electron chi connectivity index (χ0n) is 16.9. The summed E-state index contributed by atoms with van der Waals surface area (Å²) in [5, 5.41) is 0.670. The van der Waals surface area contributed by atoms with E-state index in [1.54, 1.807) is 0 Å². The predicted molar refractivity (Wildman–Crippen MR) is 112 cm³/mol. The van der Waals surface area contributed by atoms with Crippen molar-refractivity contribution in [3.63, 3.8) is 0 Å². The summed E-state index contributed by atoms with van der Waals surface area (Å²) in [5.41, 5.74) is 1.00. The molecule has 1 atom stereocenters. The highest BCUT2D eigenvalue weighted by atomic mass is 35.5. The van der Waals surface area contributed by atoms with Gasteiger partial charge in [0.25, 0.3) is 0 Å². The predicted octanol–water partition coefficient (Wildman–Crippen LogP) is 2.44. The van der Waals surface area contributed by atoms with Crippen LogP contribution < -0.4 is 4.74 Å². The summed E-state index contributed by atoms with van der Waals surface area (Å²) in [5.74, 6) is 1.05. The molecule has 2 amide bonds. The second kappa shape index (κ2) is 9.35. The normalized spacial score (nSPS) is 23.1. The standard InChI is InChI=1S/C22H30ClN3O3/c23-19-5-6-20-17(14-19)13-18(16-29-20)22(28)26-11-9-24(10-12-26)15-21(27)25-7-3-1-2-4-8-25/h5-6,14,18H,1-4,7-13,15-16H2/t18-/m0/s1. The second-order valence-corrected chi connectivity index (χ2v) is 8.80. The number of ether oxygens (including phenoxy) is 1. The van der Waals surface area contributed by atoms with Gasteiger partial charge < -0.3 is 14.5 Å². The third kappa shape index (κ3) is 5.04. The van der Waals surface area contributed by atoms with Gasteiger partial charge in [-0.1, -0.05) is 24.4 Å². The fourth-order valence-corrected chi connectivity index (χ4v) is 4.71. The number of hydrogen-bond acceptors (Lipinski definition) is 4. The first-order valence-electron chi connectivity index (χ1n) is 10.8. The van der Waals surface area contributed by atoms with E-state index in [0.29, 0.717) is 37.7 Å². The van der Waals surface area contributed by atoms with Gasteiger partial charge in [-0.25, -0.2) is 0 Å². The van der Waals surface area contributed by atoms with E-state index in [0.717, 1.165) is 50.3 Å². The van der Waals surface area contributed by atoms with Crippen molar-refractivity contribution < 1.29 is 14.3 Å². The van der Waals surface area contributed by atoms with E-state index >= 15 is 0 Å². The average Bonchev–Trinajstić information content (AvgIpc) is 3.03. The van der Waals surface area contributed by atoms with Gasteiger partial charge in [0.1, 0.15) is 12.4 Å². The van der Waals surface area contributed by atoms with Crippen molar-refractivity contribution in [2.75, 3.05) is 52.4 Å². The molecule has 3 heterocycles. The number of nitrogens with zero attached hydrogens (tertiary/aromatic N) is 3. The highest BCUT2D eigenvalue weighted by molar-refractivity contribution is 6.30. The fourth-order valence-electron chi connectivity index (χ4n) is 4.52. The molecule has 0 aromatic heterocycles. The van der Waals surface area contributed by atoms with Crippen molar-refractivity contribution in [3.8, 4) is 5.75 Å². The van der Waals surface area contributed by atoms with Gasteiger partial charge in [0.05, 0.1) is 12.5 Å². The molecule has 0 radical (unpaired) electrons. The molecule has 29 heavy (non-hydrogen) atoms. The van der Waals surface area contributed by atoms with E-state index in [9.17, 15) is 9.59 Å². The summed E-state index contributed by atoms with van der Waals surface area (Å²) in [6, 6.07) is 5.58. The minimum Gasteiger partial charge on any atom is -0.492 e. The Morgan fingerprint density at radius 2 is 1.69 bits per heavy atom. The van der Waals surface area contributed by atoms with Gasteiger partial charge in [-0.3, -0.25) is 14.5 Å². The van der Waals surface area contributed by atoms with Crippen molar-refractivity contribution in [1.29, 1.82) is 0 Å². The van der Waals surface area contributed by atoms with Gasteiger partial charge >= 0.3 is 0 Å². The number of rotatable bonds is 3. The fraction of sp³-hybridized carbons (Fsp3) is 0.636. The minimum absolute atomic E-state index is 0.147. The summed E-state index contributed by atoms with van der Waals surface area (Å²) in [6.45, 7) is 5.52. The van der Waals surface area contributed by atoms with E-state index in [-0.39, 0.29) is 17.7 Å². The minimum atomic E-state index is -0.161. The van der Waals surface area contributed by atoms with Crippen LogP contribution in [0, 0.1) is 5.92 Å². The SMILES string of the molecule is O=C(CN1CCN(C(=O)[C@@H]2COc3ccc(Cl)cc3C2)CC1)N1CCCCCC1. The first-order valence-corrected chi connectivity index (χ1v) is 11.2. The zero-order valence-corrected chi connectivity index (χ0v) is 17.7. The van der Waals surface area contributed by atoms with E-state index in [2.05, 4.69) is 4.90 Å². The number of halogens is 1. The number of piperazine rings is 1. The van der Waals surface area contributed by atoms with Crippen LogP contribution in [0.3, 0.4) is 0 Å². The number of amides is 2. The zero-order chi connectivity index (χ0) is 20.2. The van der Waals surface area contributed by atoms with E-state index in [4.69, 9.17) is 16.3 Å². The Balaban J connectivity index is 1.26. The quantitative estimate of drug-likeness (QED) is 0.755. The molecule has 3 aliphatic heterocycles. The Morgan fingerprint density at radius 1 is 0.966 bits per heavy atom. The topological polar surface area (TPSA) is 53.1 Å². The maximum atomic E-state index is 13.0. The molecule has 4 rings (SSSR count). The van der Waals surface area contributed by atoms with E-state index in [1.165, 1.54) is 12.8 Å². The van der Waals surface area contributed by atoms with Crippen LogP contribution >= 0.6 is 11.6 Å². The largest absolute Gasteiger partial charge is 0.492 e. The third-order valence-electron chi connectivity index (χ3n) is 6.28. The van der Waals surface area contributed by atoms with E-state index in [1.807, 2.05) is 28.0 Å². The molecule has 0 aliphatic carbocycles. The molecule has 2 saturated heterocycles. The molecule has 0 N–H and O–H groups in total. The van der Waals surface area contributed by atoms with Crippen LogP contribution in [0.4, 0.5) is 0 Å². The lowest BCUT2D eigenvalue weighted by atomic mass is 9.95. The maximum absolute atomic E-state index is 13.0. The Labute approximate surface area is 177 Å². The number of carbonyl (C=O) groups is 2. The molecular formula is C22H30ClN3O3. The van der Waals surface area contributed by atoms with Crippen molar-refractivity contribution in [2.45, 2.75) is 32.1 Å². The van der Waals surface area contributed by atoms with Gasteiger partial charge in [-0.15, -0.1) is 0 Å². The Hall–Kier alpha value is -1.79. The molecule has 1 aromatic rings. The number of fused-ring (bicyclic) bond motifs is 1. The van der Waals surface area contributed by atoms with Crippen molar-refractivity contribution >= 4 is 23.4 Å². The molecule has 3 aliphatic rings. The molecule has 0 unspecified atom stereocenters. The van der Waals surface area contributed by atoms with Crippen molar-refractivity contribution in [2.24, 2.45) is 5.92 Å². The molecule has 0 saturated carbocycles. The van der Waals surface area contributed by atoms with Crippen LogP contribution in [0.1, 0.15) is 31.2 Å². The van der Waals surface area contributed by atoms with Crippen LogP contribution in [0.2, 0.25) is 5.02 Å². The molecular weight excluding hydrogens is 390 g/mol. The monoisotopic (exact) mass is 419 g/mol. The highest BCUT2D eigenvalue weighted by Gasteiger charge is 2.32. The smallest absolute Gasteiger partial charge is 0.236 e. The van der Waals surface area contributed by atoms with Gasteiger partial charge in [-0.2, -0.15) is 0 Å². The van der Waals surface area contributed by atoms with Crippen LogP contribution in [-0.4, -0.2) is 78.9 Å². The van der Waals surface area contributed by atoms with Crippen LogP contribution in [0.15, 0.2) is 18.2 Å². The third-order valence-corrected chi connectivity index (χ3v) is 6.51. The first-order chi connectivity index (χ1) is 14.1. The summed E-state index contributed by atoms with van der Waals surface area (Å²) < 4.78 is 5.79. The van der Waals surface area contributed by atoms with Crippen molar-refractivity contribution in [1.82, 2.24) is 14.7 Å². The lowest BCUT2D eigenvalue weighted by molar-refractivity contribution is -0.139. The molecule has 0 bridgehead atoms. The van der Waals surface area contributed by atoms with Gasteiger partial charge in [-0.05, 0) is 43.0 Å². The second-order valence-electron chi connectivity index (χ2n) is 8.36. The average molecular weight is 420 g/mol. The molecule has 158 valence electrons. The summed E-state index contributed by atoms with van der Waals surface area (Å²) in [6.07, 6.45) is 5.36. The Morgan fingerprint density at radius 3 is 2.41 bits per heavy atom. The molecule has 0 spiro atoms. The molecule has 1 aromatic carbocycles. The summed E-state index contributed by atoms with van der Waals surface area (Å²) in [4.78, 5) is 31.7. The summed E-state index contributed by atoms with van der Waals surface area (Å²) in [7, 11) is 0. The highest BCUT2D eigenvalue weighted by Crippen LogP contribution is 2.30. The number of hydrogen-bond donors (Lipinski definition) is 0. The Kier molecular flexibility index (Phi) is 6.60. The number of likely N-dealkylation sites (tertiary alicyclic amines) is 1. The lowest BCUT2D eigenvalue weighted by Gasteiger charge is -2.37.